The molecule has 2 N–H and O–H groups in total. The van der Waals surface area contributed by atoms with Gasteiger partial charge in [0.05, 0.1) is 4.92 Å². The topological polar surface area (TPSA) is 82.0 Å². The Balaban J connectivity index is 2.64. The van der Waals surface area contributed by atoms with Crippen molar-refractivity contribution in [1.82, 2.24) is 4.98 Å². The third kappa shape index (κ3) is 1.97. The molecular weight excluding hydrogens is 244 g/mol. The molecule has 18 heavy (non-hydrogen) atoms. The van der Waals surface area contributed by atoms with E-state index in [0.29, 0.717) is 6.07 Å². The number of hydrogen-bond donors (Lipinski definition) is 1. The zero-order chi connectivity index (χ0) is 13.3. The van der Waals surface area contributed by atoms with Crippen LogP contribution in [0.4, 0.5) is 20.2 Å². The van der Waals surface area contributed by atoms with E-state index in [2.05, 4.69) is 4.98 Å². The molecule has 1 aromatic heterocycles. The van der Waals surface area contributed by atoms with E-state index in [1.165, 1.54) is 6.20 Å². The number of anilines is 1. The monoisotopic (exact) mass is 251 g/mol. The predicted molar refractivity (Wildman–Crippen MR) is 60.7 cm³/mol. The van der Waals surface area contributed by atoms with E-state index < -0.39 is 22.2 Å². The molecule has 0 atom stereocenters. The largest absolute Gasteiger partial charge is 0.393 e. The van der Waals surface area contributed by atoms with Gasteiger partial charge in [-0.1, -0.05) is 0 Å². The Bertz CT molecular complexity index is 632. The van der Waals surface area contributed by atoms with E-state index >= 15 is 0 Å². The Morgan fingerprint density at radius 2 is 1.94 bits per heavy atom. The maximum Gasteiger partial charge on any atom is 0.310 e. The minimum atomic E-state index is -0.857. The normalized spacial score (nSPS) is 10.3. The van der Waals surface area contributed by atoms with Crippen LogP contribution in [0, 0.1) is 21.7 Å². The highest BCUT2D eigenvalue weighted by Crippen LogP contribution is 2.33. The average molecular weight is 251 g/mol. The zero-order valence-electron chi connectivity index (χ0n) is 8.93. The molecule has 2 rings (SSSR count). The number of halogens is 2. The molecular formula is C11H7F2N3O2. The highest BCUT2D eigenvalue weighted by atomic mass is 19.1. The van der Waals surface area contributed by atoms with Crippen molar-refractivity contribution in [1.29, 1.82) is 0 Å². The Kier molecular flexibility index (Phi) is 2.88. The number of nitrogen functional groups attached to an aromatic ring is 1. The highest BCUT2D eigenvalue weighted by Gasteiger charge is 2.18. The first-order valence-corrected chi connectivity index (χ1v) is 4.84. The lowest BCUT2D eigenvalue weighted by molar-refractivity contribution is -0.384. The van der Waals surface area contributed by atoms with E-state index in [1.54, 1.807) is 0 Å². The first-order chi connectivity index (χ1) is 8.50. The molecule has 0 bridgehead atoms. The highest BCUT2D eigenvalue weighted by molar-refractivity contribution is 5.81. The summed E-state index contributed by atoms with van der Waals surface area (Å²) in [7, 11) is 0. The van der Waals surface area contributed by atoms with Crippen LogP contribution in [0.2, 0.25) is 0 Å². The molecule has 0 unspecified atom stereocenters. The van der Waals surface area contributed by atoms with Gasteiger partial charge in [-0.15, -0.1) is 0 Å². The quantitative estimate of drug-likeness (QED) is 0.656. The summed E-state index contributed by atoms with van der Waals surface area (Å²) in [6.07, 6.45) is 2.17. The Morgan fingerprint density at radius 1 is 1.22 bits per heavy atom. The molecule has 5 nitrogen and oxygen atoms in total. The Hall–Kier alpha value is -2.57. The fourth-order valence-corrected chi connectivity index (χ4v) is 1.53. The summed E-state index contributed by atoms with van der Waals surface area (Å²) >= 11 is 0. The molecule has 0 radical (unpaired) electrons. The molecule has 0 aliphatic heterocycles. The van der Waals surface area contributed by atoms with Crippen LogP contribution >= 0.6 is 0 Å². The lowest BCUT2D eigenvalue weighted by atomic mass is 10.0. The Morgan fingerprint density at radius 3 is 2.56 bits per heavy atom. The van der Waals surface area contributed by atoms with Crippen LogP contribution in [0.15, 0.2) is 30.6 Å². The fourth-order valence-electron chi connectivity index (χ4n) is 1.53. The lowest BCUT2D eigenvalue weighted by Crippen LogP contribution is -2.00. The SMILES string of the molecule is Nc1c(-c2ccc(F)cc2F)cncc1[N+](=O)[O-]. The van der Waals surface area contributed by atoms with Crippen LogP contribution in [0.1, 0.15) is 0 Å². The van der Waals surface area contributed by atoms with Gasteiger partial charge >= 0.3 is 5.69 Å². The van der Waals surface area contributed by atoms with Gasteiger partial charge in [0, 0.05) is 23.4 Å². The molecule has 2 aromatic rings. The van der Waals surface area contributed by atoms with Gasteiger partial charge in [0.2, 0.25) is 0 Å². The summed E-state index contributed by atoms with van der Waals surface area (Å²) in [5, 5.41) is 10.7. The number of rotatable bonds is 2. The second-order valence-electron chi connectivity index (χ2n) is 3.50. The lowest BCUT2D eigenvalue weighted by Gasteiger charge is -2.06. The van der Waals surface area contributed by atoms with Crippen LogP contribution in [0.3, 0.4) is 0 Å². The van der Waals surface area contributed by atoms with E-state index in [0.717, 1.165) is 18.3 Å². The van der Waals surface area contributed by atoms with Gasteiger partial charge in [0.25, 0.3) is 0 Å². The van der Waals surface area contributed by atoms with Gasteiger partial charge in [-0.2, -0.15) is 0 Å². The van der Waals surface area contributed by atoms with Crippen molar-refractivity contribution in [3.63, 3.8) is 0 Å². The standard InChI is InChI=1S/C11H7F2N3O2/c12-6-1-2-7(9(13)3-6)8-4-15-5-10(11(8)14)16(17)18/h1-5H,(H2,14,15). The van der Waals surface area contributed by atoms with Gasteiger partial charge in [-0.25, -0.2) is 8.78 Å². The van der Waals surface area contributed by atoms with E-state index in [9.17, 15) is 18.9 Å². The number of nitrogens with two attached hydrogens (primary N) is 1. The fraction of sp³-hybridized carbons (Fsp3) is 0. The first-order valence-electron chi connectivity index (χ1n) is 4.84. The van der Waals surface area contributed by atoms with Crippen LogP contribution in [0.25, 0.3) is 11.1 Å². The molecule has 0 aliphatic carbocycles. The minimum Gasteiger partial charge on any atom is -0.393 e. The van der Waals surface area contributed by atoms with Crippen molar-refractivity contribution >= 4 is 11.4 Å². The van der Waals surface area contributed by atoms with E-state index in [-0.39, 0.29) is 16.8 Å². The maximum absolute atomic E-state index is 13.6. The molecule has 1 aromatic carbocycles. The molecule has 1 heterocycles. The second kappa shape index (κ2) is 4.36. The van der Waals surface area contributed by atoms with Gasteiger partial charge in [0.1, 0.15) is 23.5 Å². The molecule has 0 fully saturated rings. The number of nitro groups is 1. The van der Waals surface area contributed by atoms with E-state index in [4.69, 9.17) is 5.73 Å². The van der Waals surface area contributed by atoms with E-state index in [1.807, 2.05) is 0 Å². The smallest absolute Gasteiger partial charge is 0.310 e. The van der Waals surface area contributed by atoms with Gasteiger partial charge in [-0.3, -0.25) is 15.1 Å². The van der Waals surface area contributed by atoms with Crippen molar-refractivity contribution in [2.45, 2.75) is 0 Å². The van der Waals surface area contributed by atoms with Crippen LogP contribution < -0.4 is 5.73 Å². The van der Waals surface area contributed by atoms with Crippen molar-refractivity contribution in [2.24, 2.45) is 0 Å². The summed E-state index contributed by atoms with van der Waals surface area (Å²) in [5.74, 6) is -1.60. The van der Waals surface area contributed by atoms with Crippen LogP contribution in [-0.4, -0.2) is 9.91 Å². The number of benzene rings is 1. The summed E-state index contributed by atoms with van der Waals surface area (Å²) in [4.78, 5) is 13.6. The summed E-state index contributed by atoms with van der Waals surface area (Å²) in [6.45, 7) is 0. The molecule has 0 aliphatic rings. The first kappa shape index (κ1) is 11.9. The van der Waals surface area contributed by atoms with Crippen molar-refractivity contribution in [2.75, 3.05) is 5.73 Å². The molecule has 92 valence electrons. The predicted octanol–water partition coefficient (Wildman–Crippen LogP) is 2.52. The summed E-state index contributed by atoms with van der Waals surface area (Å²) in [5.41, 5.74) is 4.97. The Labute approximate surface area is 100 Å². The zero-order valence-corrected chi connectivity index (χ0v) is 8.93. The molecule has 0 spiro atoms. The number of nitrogens with zero attached hydrogens (tertiary/aromatic N) is 2. The third-order valence-corrected chi connectivity index (χ3v) is 2.38. The van der Waals surface area contributed by atoms with Crippen molar-refractivity contribution in [3.8, 4) is 11.1 Å². The van der Waals surface area contributed by atoms with Gasteiger partial charge in [-0.05, 0) is 12.1 Å². The van der Waals surface area contributed by atoms with Gasteiger partial charge < -0.3 is 5.73 Å². The molecule has 0 saturated carbocycles. The van der Waals surface area contributed by atoms with Crippen molar-refractivity contribution < 1.29 is 13.7 Å². The van der Waals surface area contributed by atoms with Crippen LogP contribution in [0.5, 0.6) is 0 Å². The molecule has 0 saturated heterocycles. The number of pyridine rings is 1. The molecule has 0 amide bonds. The molecule has 7 heteroatoms. The summed E-state index contributed by atoms with van der Waals surface area (Å²) < 4.78 is 26.3. The van der Waals surface area contributed by atoms with Crippen molar-refractivity contribution in [3.05, 3.63) is 52.3 Å². The number of hydrogen-bond acceptors (Lipinski definition) is 4. The third-order valence-electron chi connectivity index (χ3n) is 2.38. The second-order valence-corrected chi connectivity index (χ2v) is 3.50. The summed E-state index contributed by atoms with van der Waals surface area (Å²) in [6, 6.07) is 2.87. The average Bonchev–Trinajstić information content (AvgIpc) is 2.30. The van der Waals surface area contributed by atoms with Gasteiger partial charge in [0.15, 0.2) is 0 Å². The number of aromatic nitrogens is 1. The maximum atomic E-state index is 13.6. The minimum absolute atomic E-state index is 0.0369. The van der Waals surface area contributed by atoms with Crippen LogP contribution in [-0.2, 0) is 0 Å².